The molecular formula is C12H14BrClFN5O. The van der Waals surface area contributed by atoms with Crippen LogP contribution in [0.4, 0.5) is 4.39 Å². The molecular weight excluding hydrogens is 365 g/mol. The Labute approximate surface area is 135 Å². The number of pyridine rings is 1. The van der Waals surface area contributed by atoms with E-state index in [-0.39, 0.29) is 31.1 Å². The van der Waals surface area contributed by atoms with Gasteiger partial charge in [0.1, 0.15) is 12.1 Å². The van der Waals surface area contributed by atoms with Crippen LogP contribution in [0.15, 0.2) is 39.8 Å². The van der Waals surface area contributed by atoms with E-state index in [1.807, 2.05) is 6.92 Å². The molecule has 0 aliphatic heterocycles. The summed E-state index contributed by atoms with van der Waals surface area (Å²) in [6.45, 7) is 1.95. The van der Waals surface area contributed by atoms with Gasteiger partial charge in [-0.25, -0.2) is 23.4 Å². The number of aromatic nitrogens is 4. The quantitative estimate of drug-likeness (QED) is 0.879. The van der Waals surface area contributed by atoms with Gasteiger partial charge in [0.2, 0.25) is 0 Å². The molecule has 0 saturated heterocycles. The first kappa shape index (κ1) is 17.5. The van der Waals surface area contributed by atoms with Crippen molar-refractivity contribution in [2.24, 2.45) is 5.73 Å². The maximum absolute atomic E-state index is 12.5. The standard InChI is InChI=1S/C12H13BrFN5O.ClH/c1-8-2-11(16-5-10(8)13)18-7-17-19(12(18)20)6-9(3-14)4-15;/h2-3,5,7H,4,6,15H2,1H3;1H/b9-3-;. The van der Waals surface area contributed by atoms with Gasteiger partial charge in [0, 0.05) is 17.2 Å². The molecule has 2 heterocycles. The Kier molecular flexibility index (Phi) is 6.25. The van der Waals surface area contributed by atoms with Gasteiger partial charge in [-0.15, -0.1) is 12.4 Å². The minimum absolute atomic E-state index is 0. The molecule has 0 bridgehead atoms. The van der Waals surface area contributed by atoms with Crippen LogP contribution >= 0.6 is 28.3 Å². The minimum atomic E-state index is -0.396. The topological polar surface area (TPSA) is 78.7 Å². The van der Waals surface area contributed by atoms with Gasteiger partial charge in [0.25, 0.3) is 0 Å². The number of rotatable bonds is 4. The van der Waals surface area contributed by atoms with E-state index in [0.29, 0.717) is 12.1 Å². The molecule has 0 aliphatic carbocycles. The van der Waals surface area contributed by atoms with Gasteiger partial charge in [0.15, 0.2) is 0 Å². The zero-order valence-electron chi connectivity index (χ0n) is 11.2. The van der Waals surface area contributed by atoms with E-state index in [2.05, 4.69) is 26.0 Å². The maximum atomic E-state index is 12.5. The highest BCUT2D eigenvalue weighted by atomic mass is 79.9. The summed E-state index contributed by atoms with van der Waals surface area (Å²) in [5, 5.41) is 3.93. The molecule has 0 saturated carbocycles. The average Bonchev–Trinajstić information content (AvgIpc) is 2.80. The SMILES string of the molecule is Cc1cc(-n2cnn(C/C(=C\F)CN)c2=O)ncc1Br.Cl. The summed E-state index contributed by atoms with van der Waals surface area (Å²) in [5.74, 6) is 0.459. The van der Waals surface area contributed by atoms with Gasteiger partial charge in [-0.1, -0.05) is 0 Å². The Balaban J connectivity index is 0.00000220. The molecule has 2 N–H and O–H groups in total. The summed E-state index contributed by atoms with van der Waals surface area (Å²) in [4.78, 5) is 16.3. The van der Waals surface area contributed by atoms with Crippen LogP contribution in [0.25, 0.3) is 5.82 Å². The fraction of sp³-hybridized carbons (Fsp3) is 0.250. The number of halogens is 3. The fourth-order valence-electron chi connectivity index (χ4n) is 1.59. The first-order valence-electron chi connectivity index (χ1n) is 5.82. The van der Waals surface area contributed by atoms with Crippen molar-refractivity contribution in [2.45, 2.75) is 13.5 Å². The third-order valence-electron chi connectivity index (χ3n) is 2.78. The second-order valence-electron chi connectivity index (χ2n) is 4.20. The predicted molar refractivity (Wildman–Crippen MR) is 83.5 cm³/mol. The van der Waals surface area contributed by atoms with Crippen LogP contribution in [0.2, 0.25) is 0 Å². The van der Waals surface area contributed by atoms with Crippen LogP contribution < -0.4 is 11.4 Å². The smallest absolute Gasteiger partial charge is 0.327 e. The van der Waals surface area contributed by atoms with Crippen molar-refractivity contribution in [2.75, 3.05) is 6.54 Å². The van der Waals surface area contributed by atoms with E-state index in [9.17, 15) is 9.18 Å². The molecule has 114 valence electrons. The largest absolute Gasteiger partial charge is 0.351 e. The summed E-state index contributed by atoms with van der Waals surface area (Å²) in [6, 6.07) is 1.76. The molecule has 0 unspecified atom stereocenters. The molecule has 2 aromatic heterocycles. The van der Waals surface area contributed by atoms with Gasteiger partial charge in [-0.2, -0.15) is 5.10 Å². The summed E-state index contributed by atoms with van der Waals surface area (Å²) >= 11 is 3.34. The van der Waals surface area contributed by atoms with E-state index in [1.54, 1.807) is 12.3 Å². The van der Waals surface area contributed by atoms with E-state index in [0.717, 1.165) is 14.7 Å². The lowest BCUT2D eigenvalue weighted by molar-refractivity contribution is 0.612. The van der Waals surface area contributed by atoms with Crippen molar-refractivity contribution in [3.8, 4) is 5.82 Å². The predicted octanol–water partition coefficient (Wildman–Crippen LogP) is 1.73. The van der Waals surface area contributed by atoms with E-state index in [1.165, 1.54) is 10.9 Å². The van der Waals surface area contributed by atoms with Crippen LogP contribution in [0.1, 0.15) is 5.56 Å². The molecule has 0 radical (unpaired) electrons. The lowest BCUT2D eigenvalue weighted by Crippen LogP contribution is -2.26. The third kappa shape index (κ3) is 3.78. The zero-order chi connectivity index (χ0) is 14.7. The molecule has 6 nitrogen and oxygen atoms in total. The lowest BCUT2D eigenvalue weighted by Gasteiger charge is -2.03. The number of nitrogens with two attached hydrogens (primary N) is 1. The highest BCUT2D eigenvalue weighted by molar-refractivity contribution is 9.10. The van der Waals surface area contributed by atoms with Gasteiger partial charge in [0.05, 0.1) is 12.9 Å². The van der Waals surface area contributed by atoms with Crippen LogP contribution in [-0.2, 0) is 6.54 Å². The molecule has 0 spiro atoms. The van der Waals surface area contributed by atoms with Crippen LogP contribution in [-0.4, -0.2) is 25.9 Å². The van der Waals surface area contributed by atoms with Crippen molar-refractivity contribution in [1.82, 2.24) is 19.3 Å². The van der Waals surface area contributed by atoms with E-state index < -0.39 is 5.69 Å². The maximum Gasteiger partial charge on any atom is 0.351 e. The second-order valence-corrected chi connectivity index (χ2v) is 5.06. The Morgan fingerprint density at radius 1 is 1.57 bits per heavy atom. The van der Waals surface area contributed by atoms with E-state index in [4.69, 9.17) is 5.73 Å². The van der Waals surface area contributed by atoms with Gasteiger partial charge in [-0.05, 0) is 40.1 Å². The third-order valence-corrected chi connectivity index (χ3v) is 3.61. The van der Waals surface area contributed by atoms with Gasteiger partial charge < -0.3 is 5.73 Å². The molecule has 0 aromatic carbocycles. The van der Waals surface area contributed by atoms with Gasteiger partial charge >= 0.3 is 5.69 Å². The van der Waals surface area contributed by atoms with Crippen LogP contribution in [0.5, 0.6) is 0 Å². The van der Waals surface area contributed by atoms with Crippen molar-refractivity contribution in [3.05, 3.63) is 51.0 Å². The molecule has 9 heteroatoms. The first-order chi connectivity index (χ1) is 9.56. The Morgan fingerprint density at radius 2 is 2.29 bits per heavy atom. The summed E-state index contributed by atoms with van der Waals surface area (Å²) in [7, 11) is 0. The summed E-state index contributed by atoms with van der Waals surface area (Å²) < 4.78 is 15.8. The summed E-state index contributed by atoms with van der Waals surface area (Å²) in [5.41, 5.74) is 6.20. The van der Waals surface area contributed by atoms with Crippen molar-refractivity contribution in [1.29, 1.82) is 0 Å². The van der Waals surface area contributed by atoms with Crippen molar-refractivity contribution in [3.63, 3.8) is 0 Å². The lowest BCUT2D eigenvalue weighted by atomic mass is 10.3. The Hall–Kier alpha value is -1.51. The molecule has 2 rings (SSSR count). The van der Waals surface area contributed by atoms with E-state index >= 15 is 0 Å². The molecule has 2 aromatic rings. The highest BCUT2D eigenvalue weighted by Crippen LogP contribution is 2.15. The summed E-state index contributed by atoms with van der Waals surface area (Å²) in [6.07, 6.45) is 3.36. The van der Waals surface area contributed by atoms with Gasteiger partial charge in [-0.3, -0.25) is 0 Å². The number of hydrogen-bond donors (Lipinski definition) is 1. The number of aryl methyl sites for hydroxylation is 1. The Morgan fingerprint density at radius 3 is 2.86 bits per heavy atom. The second kappa shape index (κ2) is 7.48. The Bertz CT molecular complexity index is 712. The molecule has 0 fully saturated rings. The molecule has 0 aliphatic rings. The number of nitrogens with zero attached hydrogens (tertiary/aromatic N) is 4. The highest BCUT2D eigenvalue weighted by Gasteiger charge is 2.10. The first-order valence-corrected chi connectivity index (χ1v) is 6.61. The van der Waals surface area contributed by atoms with Crippen molar-refractivity contribution >= 4 is 28.3 Å². The van der Waals surface area contributed by atoms with Crippen LogP contribution in [0.3, 0.4) is 0 Å². The normalized spacial score (nSPS) is 11.3. The monoisotopic (exact) mass is 377 g/mol. The minimum Gasteiger partial charge on any atom is -0.327 e. The number of hydrogen-bond acceptors (Lipinski definition) is 4. The average molecular weight is 379 g/mol. The molecule has 0 atom stereocenters. The van der Waals surface area contributed by atoms with Crippen LogP contribution in [0, 0.1) is 6.92 Å². The zero-order valence-corrected chi connectivity index (χ0v) is 13.6. The molecule has 21 heavy (non-hydrogen) atoms. The van der Waals surface area contributed by atoms with Crippen molar-refractivity contribution < 1.29 is 4.39 Å². The fourth-order valence-corrected chi connectivity index (χ4v) is 1.81. The molecule has 0 amide bonds.